The summed E-state index contributed by atoms with van der Waals surface area (Å²) in [6.07, 6.45) is 3.43. The van der Waals surface area contributed by atoms with Gasteiger partial charge in [0.25, 0.3) is 0 Å². The second-order valence-corrected chi connectivity index (χ2v) is 7.19. The van der Waals surface area contributed by atoms with Crippen molar-refractivity contribution >= 4 is 16.7 Å². The van der Waals surface area contributed by atoms with Gasteiger partial charge in [0, 0.05) is 28.9 Å². The Kier molecular flexibility index (Phi) is 5.89. The molecule has 0 bridgehead atoms. The number of aryl methyl sites for hydroxylation is 1. The number of methoxy groups -OCH3 is 1. The van der Waals surface area contributed by atoms with E-state index < -0.39 is 6.04 Å². The third-order valence-electron chi connectivity index (χ3n) is 5.12. The van der Waals surface area contributed by atoms with Gasteiger partial charge in [-0.3, -0.25) is 4.98 Å². The van der Waals surface area contributed by atoms with Gasteiger partial charge in [-0.2, -0.15) is 0 Å². The zero-order valence-corrected chi connectivity index (χ0v) is 17.8. The highest BCUT2D eigenvalue weighted by atomic mass is 16.5. The molecule has 158 valence electrons. The molecule has 0 amide bonds. The Morgan fingerprint density at radius 3 is 2.65 bits per heavy atom. The van der Waals surface area contributed by atoms with Crippen LogP contribution >= 0.6 is 0 Å². The van der Waals surface area contributed by atoms with Gasteiger partial charge < -0.3 is 19.9 Å². The highest BCUT2D eigenvalue weighted by Crippen LogP contribution is 2.42. The van der Waals surface area contributed by atoms with Gasteiger partial charge in [0.15, 0.2) is 11.5 Å². The summed E-state index contributed by atoms with van der Waals surface area (Å²) in [5, 5.41) is 15.5. The standard InChI is InChI=1S/C25H25N3O3/c1-4-31-20-9-5-8-19(25(20)30-3)23(28-21-15-16(2)12-14-26-21)18-11-10-17-7-6-13-27-22(17)24(18)29/h5-15,23,29H,4H2,1-3H3,(H,26,28). The fourth-order valence-corrected chi connectivity index (χ4v) is 3.71. The minimum Gasteiger partial charge on any atom is -0.505 e. The Morgan fingerprint density at radius 2 is 1.87 bits per heavy atom. The fourth-order valence-electron chi connectivity index (χ4n) is 3.71. The lowest BCUT2D eigenvalue weighted by atomic mass is 9.95. The van der Waals surface area contributed by atoms with E-state index in [9.17, 15) is 5.11 Å². The van der Waals surface area contributed by atoms with Crippen LogP contribution in [0.4, 0.5) is 5.82 Å². The van der Waals surface area contributed by atoms with E-state index in [-0.39, 0.29) is 5.75 Å². The molecule has 4 rings (SSSR count). The Bertz CT molecular complexity index is 1210. The molecule has 2 heterocycles. The highest BCUT2D eigenvalue weighted by molar-refractivity contribution is 5.86. The molecule has 1 unspecified atom stereocenters. The molecule has 0 spiro atoms. The SMILES string of the molecule is CCOc1cccc(C(Nc2cc(C)ccn2)c2ccc3cccnc3c2O)c1OC. The number of fused-ring (bicyclic) bond motifs is 1. The normalized spacial score (nSPS) is 11.8. The lowest BCUT2D eigenvalue weighted by molar-refractivity contribution is 0.308. The summed E-state index contributed by atoms with van der Waals surface area (Å²) in [5.41, 5.74) is 3.11. The van der Waals surface area contributed by atoms with Crippen molar-refractivity contribution in [2.75, 3.05) is 19.0 Å². The van der Waals surface area contributed by atoms with Crippen molar-refractivity contribution in [1.29, 1.82) is 0 Å². The quantitative estimate of drug-likeness (QED) is 0.429. The number of phenolic OH excluding ortho intramolecular Hbond substituents is 1. The van der Waals surface area contributed by atoms with E-state index in [0.717, 1.165) is 16.5 Å². The van der Waals surface area contributed by atoms with Gasteiger partial charge in [0.2, 0.25) is 0 Å². The van der Waals surface area contributed by atoms with Crippen LogP contribution < -0.4 is 14.8 Å². The summed E-state index contributed by atoms with van der Waals surface area (Å²) < 4.78 is 11.5. The molecule has 0 aliphatic carbocycles. The van der Waals surface area contributed by atoms with Crippen molar-refractivity contribution in [3.8, 4) is 17.2 Å². The van der Waals surface area contributed by atoms with Gasteiger partial charge in [-0.1, -0.05) is 30.3 Å². The molecule has 0 aliphatic rings. The zero-order chi connectivity index (χ0) is 21.8. The van der Waals surface area contributed by atoms with Crippen LogP contribution in [0.15, 0.2) is 67.0 Å². The number of rotatable bonds is 7. The van der Waals surface area contributed by atoms with Gasteiger partial charge in [-0.15, -0.1) is 0 Å². The number of aromatic nitrogens is 2. The number of para-hydroxylation sites is 1. The Balaban J connectivity index is 1.91. The molecule has 0 fully saturated rings. The molecular weight excluding hydrogens is 390 g/mol. The van der Waals surface area contributed by atoms with Crippen molar-refractivity contribution in [2.45, 2.75) is 19.9 Å². The van der Waals surface area contributed by atoms with Crippen molar-refractivity contribution in [1.82, 2.24) is 9.97 Å². The third-order valence-corrected chi connectivity index (χ3v) is 5.12. The first kappa shape index (κ1) is 20.5. The molecule has 0 aliphatic heterocycles. The van der Waals surface area contributed by atoms with Crippen LogP contribution in [-0.4, -0.2) is 28.8 Å². The average molecular weight is 415 g/mol. The van der Waals surface area contributed by atoms with Crippen molar-refractivity contribution < 1.29 is 14.6 Å². The summed E-state index contributed by atoms with van der Waals surface area (Å²) in [6.45, 7) is 4.46. The molecule has 0 radical (unpaired) electrons. The first-order valence-electron chi connectivity index (χ1n) is 10.2. The van der Waals surface area contributed by atoms with Crippen molar-refractivity contribution in [3.63, 3.8) is 0 Å². The number of hydrogen-bond donors (Lipinski definition) is 2. The summed E-state index contributed by atoms with van der Waals surface area (Å²) in [6, 6.07) is 16.8. The fraction of sp³-hybridized carbons (Fsp3) is 0.200. The van der Waals surface area contributed by atoms with E-state index in [1.165, 1.54) is 0 Å². The maximum absolute atomic E-state index is 11.2. The number of ether oxygens (including phenoxy) is 2. The minimum atomic E-state index is -0.448. The van der Waals surface area contributed by atoms with Crippen LogP contribution in [0.5, 0.6) is 17.2 Å². The molecule has 0 saturated heterocycles. The van der Waals surface area contributed by atoms with Crippen LogP contribution in [0, 0.1) is 6.92 Å². The Hall–Kier alpha value is -3.80. The number of nitrogens with one attached hydrogen (secondary N) is 1. The summed E-state index contributed by atoms with van der Waals surface area (Å²) in [5.74, 6) is 2.06. The van der Waals surface area contributed by atoms with Crippen molar-refractivity contribution in [3.05, 3.63) is 83.7 Å². The first-order chi connectivity index (χ1) is 15.1. The van der Waals surface area contributed by atoms with Gasteiger partial charge in [-0.25, -0.2) is 4.98 Å². The molecule has 4 aromatic rings. The topological polar surface area (TPSA) is 76.5 Å². The molecule has 0 saturated carbocycles. The summed E-state index contributed by atoms with van der Waals surface area (Å²) in [7, 11) is 1.62. The van der Waals surface area contributed by atoms with Gasteiger partial charge in [0.1, 0.15) is 17.1 Å². The zero-order valence-electron chi connectivity index (χ0n) is 17.8. The minimum absolute atomic E-state index is 0.118. The number of hydrogen-bond acceptors (Lipinski definition) is 6. The maximum atomic E-state index is 11.2. The summed E-state index contributed by atoms with van der Waals surface area (Å²) in [4.78, 5) is 8.84. The second kappa shape index (κ2) is 8.92. The van der Waals surface area contributed by atoms with E-state index in [1.54, 1.807) is 19.5 Å². The predicted molar refractivity (Wildman–Crippen MR) is 122 cm³/mol. The number of nitrogens with zero attached hydrogens (tertiary/aromatic N) is 2. The van der Waals surface area contributed by atoms with Crippen LogP contribution in [0.1, 0.15) is 29.7 Å². The molecule has 2 N–H and O–H groups in total. The van der Waals surface area contributed by atoms with E-state index in [4.69, 9.17) is 9.47 Å². The largest absolute Gasteiger partial charge is 0.505 e. The van der Waals surface area contributed by atoms with Gasteiger partial charge in [-0.05, 0) is 43.7 Å². The molecule has 2 aromatic carbocycles. The smallest absolute Gasteiger partial charge is 0.166 e. The molecule has 2 aromatic heterocycles. The van der Waals surface area contributed by atoms with E-state index in [2.05, 4.69) is 15.3 Å². The number of anilines is 1. The Morgan fingerprint density at radius 1 is 1.00 bits per heavy atom. The number of aromatic hydroxyl groups is 1. The highest BCUT2D eigenvalue weighted by Gasteiger charge is 2.25. The average Bonchev–Trinajstić information content (AvgIpc) is 2.78. The lowest BCUT2D eigenvalue weighted by Gasteiger charge is -2.25. The molecule has 6 nitrogen and oxygen atoms in total. The van der Waals surface area contributed by atoms with Crippen LogP contribution in [0.3, 0.4) is 0 Å². The van der Waals surface area contributed by atoms with Crippen molar-refractivity contribution in [2.24, 2.45) is 0 Å². The van der Waals surface area contributed by atoms with Crippen LogP contribution in [-0.2, 0) is 0 Å². The predicted octanol–water partition coefficient (Wildman–Crippen LogP) is 5.25. The van der Waals surface area contributed by atoms with Crippen LogP contribution in [0.2, 0.25) is 0 Å². The lowest BCUT2D eigenvalue weighted by Crippen LogP contribution is -2.15. The monoisotopic (exact) mass is 415 g/mol. The molecule has 1 atom stereocenters. The van der Waals surface area contributed by atoms with Gasteiger partial charge >= 0.3 is 0 Å². The van der Waals surface area contributed by atoms with Crippen LogP contribution in [0.25, 0.3) is 10.9 Å². The maximum Gasteiger partial charge on any atom is 0.166 e. The number of phenols is 1. The van der Waals surface area contributed by atoms with E-state index in [1.807, 2.05) is 68.4 Å². The molecular formula is C25H25N3O3. The third kappa shape index (κ3) is 4.10. The summed E-state index contributed by atoms with van der Waals surface area (Å²) >= 11 is 0. The number of pyridine rings is 2. The van der Waals surface area contributed by atoms with E-state index >= 15 is 0 Å². The first-order valence-corrected chi connectivity index (χ1v) is 10.2. The molecule has 31 heavy (non-hydrogen) atoms. The Labute approximate surface area is 181 Å². The molecule has 6 heteroatoms. The second-order valence-electron chi connectivity index (χ2n) is 7.19. The number of benzene rings is 2. The van der Waals surface area contributed by atoms with Gasteiger partial charge in [0.05, 0.1) is 19.8 Å². The van der Waals surface area contributed by atoms with E-state index in [0.29, 0.717) is 35.0 Å².